The molecule has 9 nitrogen and oxygen atoms in total. The number of carbonyl (C=O) groups excluding carboxylic acids is 2. The molecule has 182 valence electrons. The van der Waals surface area contributed by atoms with Crippen molar-refractivity contribution in [2.45, 2.75) is 0 Å². The number of carboxylic acid groups (broad SMARTS) is 1. The molecule has 0 aliphatic rings. The summed E-state index contributed by atoms with van der Waals surface area (Å²) in [5, 5.41) is 21.2. The van der Waals surface area contributed by atoms with Crippen LogP contribution >= 0.6 is 11.6 Å². The number of carbonyl (C=O) groups is 3. The fraction of sp³-hybridized carbons (Fsp3) is 0.0769. The number of ether oxygens (including phenoxy) is 3. The number of carboxylic acids is 1. The molecule has 2 N–H and O–H groups in total. The van der Waals surface area contributed by atoms with E-state index in [0.29, 0.717) is 11.3 Å². The molecule has 0 bridgehead atoms. The molecule has 1 amide bonds. The van der Waals surface area contributed by atoms with Gasteiger partial charge in [-0.25, -0.2) is 9.59 Å². The molecule has 0 fully saturated rings. The van der Waals surface area contributed by atoms with Crippen LogP contribution in [0.25, 0.3) is 6.08 Å². The lowest BCUT2D eigenvalue weighted by molar-refractivity contribution is -0.112. The largest absolute Gasteiger partial charge is 0.497 e. The summed E-state index contributed by atoms with van der Waals surface area (Å²) in [5.74, 6) is -2.13. The topological polar surface area (TPSA) is 135 Å². The number of anilines is 1. The van der Waals surface area contributed by atoms with Crippen molar-refractivity contribution >= 4 is 41.2 Å². The number of nitriles is 1. The molecule has 3 aromatic carbocycles. The van der Waals surface area contributed by atoms with Gasteiger partial charge in [-0.15, -0.1) is 0 Å². The Balaban J connectivity index is 1.87. The molecule has 10 heteroatoms. The second-order valence-corrected chi connectivity index (χ2v) is 7.53. The number of hydrogen-bond acceptors (Lipinski definition) is 7. The Morgan fingerprint density at radius 3 is 2.33 bits per heavy atom. The van der Waals surface area contributed by atoms with Crippen LogP contribution in [0.4, 0.5) is 5.69 Å². The van der Waals surface area contributed by atoms with E-state index in [4.69, 9.17) is 25.8 Å². The molecule has 0 heterocycles. The van der Waals surface area contributed by atoms with Gasteiger partial charge in [0, 0.05) is 0 Å². The van der Waals surface area contributed by atoms with Crippen LogP contribution in [0.15, 0.2) is 66.2 Å². The molecule has 0 spiro atoms. The van der Waals surface area contributed by atoms with E-state index in [-0.39, 0.29) is 38.9 Å². The third kappa shape index (κ3) is 6.00. The van der Waals surface area contributed by atoms with Gasteiger partial charge in [0.05, 0.1) is 36.1 Å². The van der Waals surface area contributed by atoms with E-state index in [1.54, 1.807) is 24.3 Å². The normalized spacial score (nSPS) is 10.7. The summed E-state index contributed by atoms with van der Waals surface area (Å²) >= 11 is 6.33. The van der Waals surface area contributed by atoms with Gasteiger partial charge in [0.15, 0.2) is 11.5 Å². The third-order valence-corrected chi connectivity index (χ3v) is 5.13. The number of aromatic carboxylic acids is 1. The number of amides is 1. The van der Waals surface area contributed by atoms with Gasteiger partial charge in [-0.05, 0) is 60.2 Å². The van der Waals surface area contributed by atoms with E-state index in [0.717, 1.165) is 0 Å². The van der Waals surface area contributed by atoms with Crippen molar-refractivity contribution in [3.8, 4) is 23.3 Å². The van der Waals surface area contributed by atoms with Crippen LogP contribution in [-0.2, 0) is 4.79 Å². The summed E-state index contributed by atoms with van der Waals surface area (Å²) in [6.45, 7) is 0. The molecule has 0 aliphatic heterocycles. The minimum atomic E-state index is -1.23. The molecule has 0 aromatic heterocycles. The van der Waals surface area contributed by atoms with Crippen LogP contribution in [0.3, 0.4) is 0 Å². The average molecular weight is 507 g/mol. The predicted octanol–water partition coefficient (Wildman–Crippen LogP) is 4.82. The smallest absolute Gasteiger partial charge is 0.343 e. The molecule has 0 unspecified atom stereocenters. The SMILES string of the molecule is COc1ccc(C(=O)Oc2c(Cl)cc(/C=C(\C#N)C(=O)Nc3ccccc3C(=O)O)cc2OC)cc1. The molecule has 0 atom stereocenters. The van der Waals surface area contributed by atoms with Gasteiger partial charge in [-0.3, -0.25) is 4.79 Å². The van der Waals surface area contributed by atoms with Gasteiger partial charge >= 0.3 is 11.9 Å². The minimum absolute atomic E-state index is 0.00335. The first-order valence-corrected chi connectivity index (χ1v) is 10.6. The lowest BCUT2D eigenvalue weighted by Gasteiger charge is -2.13. The summed E-state index contributed by atoms with van der Waals surface area (Å²) < 4.78 is 15.8. The maximum atomic E-state index is 12.6. The van der Waals surface area contributed by atoms with Gasteiger partial charge in [-0.2, -0.15) is 5.26 Å². The molecule has 3 rings (SSSR count). The summed E-state index contributed by atoms with van der Waals surface area (Å²) in [4.78, 5) is 36.6. The fourth-order valence-electron chi connectivity index (χ4n) is 3.08. The van der Waals surface area contributed by atoms with Crippen LogP contribution in [0, 0.1) is 11.3 Å². The molecule has 0 aliphatic carbocycles. The first-order valence-electron chi connectivity index (χ1n) is 10.3. The van der Waals surface area contributed by atoms with E-state index in [1.165, 1.54) is 62.8 Å². The highest BCUT2D eigenvalue weighted by Gasteiger charge is 2.19. The number of esters is 1. The maximum Gasteiger partial charge on any atom is 0.343 e. The number of rotatable bonds is 8. The van der Waals surface area contributed by atoms with Crippen molar-refractivity contribution in [1.29, 1.82) is 5.26 Å². The number of hydrogen-bond donors (Lipinski definition) is 2. The van der Waals surface area contributed by atoms with Crippen LogP contribution in [0.2, 0.25) is 5.02 Å². The number of nitrogens with one attached hydrogen (secondary N) is 1. The van der Waals surface area contributed by atoms with Crippen molar-refractivity contribution in [3.63, 3.8) is 0 Å². The number of methoxy groups -OCH3 is 2. The zero-order chi connectivity index (χ0) is 26.2. The first kappa shape index (κ1) is 25.8. The molecule has 36 heavy (non-hydrogen) atoms. The Hall–Kier alpha value is -4.81. The molecule has 0 saturated heterocycles. The van der Waals surface area contributed by atoms with Crippen molar-refractivity contribution < 1.29 is 33.7 Å². The highest BCUT2D eigenvalue weighted by molar-refractivity contribution is 6.32. The van der Waals surface area contributed by atoms with Crippen molar-refractivity contribution in [2.24, 2.45) is 0 Å². The number of nitrogens with zero attached hydrogens (tertiary/aromatic N) is 1. The van der Waals surface area contributed by atoms with Gasteiger partial charge < -0.3 is 24.6 Å². The Labute approximate surface area is 211 Å². The molecule has 3 aromatic rings. The Morgan fingerprint density at radius 1 is 1.03 bits per heavy atom. The molecular weight excluding hydrogens is 488 g/mol. The zero-order valence-electron chi connectivity index (χ0n) is 19.1. The number of para-hydroxylation sites is 1. The van der Waals surface area contributed by atoms with Crippen LogP contribution in [-0.4, -0.2) is 37.2 Å². The van der Waals surface area contributed by atoms with E-state index < -0.39 is 17.8 Å². The third-order valence-electron chi connectivity index (χ3n) is 4.85. The number of halogens is 1. The van der Waals surface area contributed by atoms with E-state index in [1.807, 2.05) is 0 Å². The van der Waals surface area contributed by atoms with Crippen molar-refractivity contribution in [2.75, 3.05) is 19.5 Å². The second kappa shape index (κ2) is 11.6. The van der Waals surface area contributed by atoms with Crippen LogP contribution in [0.5, 0.6) is 17.2 Å². The van der Waals surface area contributed by atoms with E-state index >= 15 is 0 Å². The fourth-order valence-corrected chi connectivity index (χ4v) is 3.34. The Bertz CT molecular complexity index is 1390. The van der Waals surface area contributed by atoms with E-state index in [9.17, 15) is 24.8 Å². The summed E-state index contributed by atoms with van der Waals surface area (Å²) in [7, 11) is 2.84. The zero-order valence-corrected chi connectivity index (χ0v) is 19.8. The quantitative estimate of drug-likeness (QED) is 0.192. The van der Waals surface area contributed by atoms with Crippen molar-refractivity contribution in [3.05, 3.63) is 87.9 Å². The van der Waals surface area contributed by atoms with Gasteiger partial charge in [0.25, 0.3) is 5.91 Å². The predicted molar refractivity (Wildman–Crippen MR) is 132 cm³/mol. The first-order chi connectivity index (χ1) is 17.3. The summed E-state index contributed by atoms with van der Waals surface area (Å²) in [5.41, 5.74) is 0.141. The summed E-state index contributed by atoms with van der Waals surface area (Å²) in [6, 6.07) is 16.6. The van der Waals surface area contributed by atoms with Gasteiger partial charge in [0.2, 0.25) is 0 Å². The highest BCUT2D eigenvalue weighted by Crippen LogP contribution is 2.37. The molecule has 0 saturated carbocycles. The Morgan fingerprint density at radius 2 is 1.72 bits per heavy atom. The maximum absolute atomic E-state index is 12.6. The highest BCUT2D eigenvalue weighted by atomic mass is 35.5. The monoisotopic (exact) mass is 506 g/mol. The lowest BCUT2D eigenvalue weighted by atomic mass is 10.1. The van der Waals surface area contributed by atoms with Crippen LogP contribution < -0.4 is 19.5 Å². The standard InChI is InChI=1S/C26H19ClN2O7/c1-34-18-9-7-16(8-10-18)26(33)36-23-20(27)12-15(13-22(23)35-2)11-17(14-28)24(30)29-21-6-4-3-5-19(21)25(31)32/h3-13H,1-2H3,(H,29,30)(H,31,32)/b17-11+. The summed E-state index contributed by atoms with van der Waals surface area (Å²) in [6.07, 6.45) is 1.24. The number of benzene rings is 3. The molecule has 0 radical (unpaired) electrons. The van der Waals surface area contributed by atoms with Gasteiger partial charge in [0.1, 0.15) is 17.4 Å². The second-order valence-electron chi connectivity index (χ2n) is 7.13. The van der Waals surface area contributed by atoms with Crippen molar-refractivity contribution in [1.82, 2.24) is 0 Å². The minimum Gasteiger partial charge on any atom is -0.497 e. The molecular formula is C26H19ClN2O7. The van der Waals surface area contributed by atoms with Gasteiger partial charge in [-0.1, -0.05) is 23.7 Å². The van der Waals surface area contributed by atoms with E-state index in [2.05, 4.69) is 5.32 Å². The Kier molecular flexibility index (Phi) is 8.28. The lowest BCUT2D eigenvalue weighted by Crippen LogP contribution is -2.16. The van der Waals surface area contributed by atoms with Crippen LogP contribution in [0.1, 0.15) is 26.3 Å². The average Bonchev–Trinajstić information content (AvgIpc) is 2.88.